The molecule has 0 radical (unpaired) electrons. The van der Waals surface area contributed by atoms with Crippen LogP contribution in [0.5, 0.6) is 0 Å². The molecule has 1 atom stereocenters. The van der Waals surface area contributed by atoms with E-state index < -0.39 is 0 Å². The van der Waals surface area contributed by atoms with Crippen molar-refractivity contribution in [2.45, 2.75) is 45.3 Å². The highest BCUT2D eigenvalue weighted by Crippen LogP contribution is 2.28. The third-order valence-electron chi connectivity index (χ3n) is 3.81. The van der Waals surface area contributed by atoms with Crippen molar-refractivity contribution in [1.29, 1.82) is 0 Å². The molecule has 2 nitrogen and oxygen atoms in total. The summed E-state index contributed by atoms with van der Waals surface area (Å²) >= 11 is 12.6. The molecular weight excluding hydrogens is 279 g/mol. The van der Waals surface area contributed by atoms with Gasteiger partial charge in [-0.3, -0.25) is 4.90 Å². The van der Waals surface area contributed by atoms with Crippen LogP contribution >= 0.6 is 23.2 Å². The van der Waals surface area contributed by atoms with Crippen LogP contribution in [-0.2, 0) is 6.54 Å². The van der Waals surface area contributed by atoms with E-state index in [2.05, 4.69) is 31.0 Å². The van der Waals surface area contributed by atoms with E-state index in [1.54, 1.807) is 0 Å². The summed E-state index contributed by atoms with van der Waals surface area (Å²) in [4.78, 5) is 2.47. The average Bonchev–Trinajstić information content (AvgIpc) is 2.43. The first kappa shape index (κ1) is 15.1. The molecule has 106 valence electrons. The molecule has 1 aliphatic heterocycles. The number of hydrogen-bond acceptors (Lipinski definition) is 2. The molecule has 19 heavy (non-hydrogen) atoms. The van der Waals surface area contributed by atoms with Gasteiger partial charge in [-0.05, 0) is 45.9 Å². The van der Waals surface area contributed by atoms with Gasteiger partial charge in [-0.25, -0.2) is 0 Å². The fourth-order valence-corrected chi connectivity index (χ4v) is 3.14. The van der Waals surface area contributed by atoms with E-state index in [0.29, 0.717) is 6.04 Å². The van der Waals surface area contributed by atoms with Crippen LogP contribution in [0.25, 0.3) is 0 Å². The highest BCUT2D eigenvalue weighted by molar-refractivity contribution is 6.35. The molecule has 0 aromatic heterocycles. The Kier molecular flexibility index (Phi) is 4.78. The van der Waals surface area contributed by atoms with Crippen molar-refractivity contribution in [3.05, 3.63) is 33.8 Å². The van der Waals surface area contributed by atoms with Crippen LogP contribution in [0.3, 0.4) is 0 Å². The van der Waals surface area contributed by atoms with Crippen LogP contribution in [0.4, 0.5) is 0 Å². The molecule has 0 aliphatic carbocycles. The van der Waals surface area contributed by atoms with Gasteiger partial charge in [0, 0.05) is 40.3 Å². The van der Waals surface area contributed by atoms with Gasteiger partial charge in [-0.2, -0.15) is 0 Å². The maximum atomic E-state index is 6.28. The Morgan fingerprint density at radius 3 is 2.58 bits per heavy atom. The standard InChI is InChI=1S/C15H22Cl2N2/c1-11-7-8-18-15(2,3)10-19(11)9-12-13(16)5-4-6-14(12)17/h4-6,11,18H,7-10H2,1-3H3. The van der Waals surface area contributed by atoms with E-state index in [1.807, 2.05) is 18.2 Å². The lowest BCUT2D eigenvalue weighted by Gasteiger charge is -2.33. The molecule has 2 rings (SSSR count). The molecule has 1 N–H and O–H groups in total. The second kappa shape index (κ2) is 6.01. The number of nitrogens with one attached hydrogen (secondary N) is 1. The Morgan fingerprint density at radius 1 is 1.32 bits per heavy atom. The van der Waals surface area contributed by atoms with Crippen LogP contribution in [0.1, 0.15) is 32.8 Å². The first-order valence-corrected chi connectivity index (χ1v) is 7.56. The lowest BCUT2D eigenvalue weighted by atomic mass is 10.0. The Bertz CT molecular complexity index is 426. The summed E-state index contributed by atoms with van der Waals surface area (Å²) in [6.45, 7) is 9.62. The van der Waals surface area contributed by atoms with Crippen molar-refractivity contribution in [1.82, 2.24) is 10.2 Å². The molecule has 0 bridgehead atoms. The van der Waals surface area contributed by atoms with Gasteiger partial charge in [-0.15, -0.1) is 0 Å². The van der Waals surface area contributed by atoms with Gasteiger partial charge < -0.3 is 5.32 Å². The fourth-order valence-electron chi connectivity index (χ4n) is 2.62. The van der Waals surface area contributed by atoms with E-state index in [4.69, 9.17) is 23.2 Å². The molecule has 1 aromatic carbocycles. The summed E-state index contributed by atoms with van der Waals surface area (Å²) in [6.07, 6.45) is 1.14. The van der Waals surface area contributed by atoms with E-state index in [0.717, 1.165) is 41.7 Å². The minimum atomic E-state index is 0.124. The number of benzene rings is 1. The van der Waals surface area contributed by atoms with Crippen molar-refractivity contribution in [3.63, 3.8) is 0 Å². The first-order valence-electron chi connectivity index (χ1n) is 6.81. The largest absolute Gasteiger partial charge is 0.310 e. The van der Waals surface area contributed by atoms with E-state index in [1.165, 1.54) is 0 Å². The lowest BCUT2D eigenvalue weighted by Crippen LogP contribution is -2.47. The lowest BCUT2D eigenvalue weighted by molar-refractivity contribution is 0.173. The summed E-state index contributed by atoms with van der Waals surface area (Å²) < 4.78 is 0. The van der Waals surface area contributed by atoms with Crippen molar-refractivity contribution >= 4 is 23.2 Å². The molecule has 1 fully saturated rings. The predicted molar refractivity (Wildman–Crippen MR) is 83.0 cm³/mol. The zero-order valence-corrected chi connectivity index (χ0v) is 13.4. The molecule has 1 heterocycles. The van der Waals surface area contributed by atoms with Crippen molar-refractivity contribution in [3.8, 4) is 0 Å². The summed E-state index contributed by atoms with van der Waals surface area (Å²) in [6, 6.07) is 6.25. The SMILES string of the molecule is CC1CCNC(C)(C)CN1Cc1c(Cl)cccc1Cl. The summed E-state index contributed by atoms with van der Waals surface area (Å²) in [7, 11) is 0. The van der Waals surface area contributed by atoms with E-state index in [9.17, 15) is 0 Å². The molecule has 0 amide bonds. The number of halogens is 2. The van der Waals surface area contributed by atoms with Crippen LogP contribution in [0.15, 0.2) is 18.2 Å². The highest BCUT2D eigenvalue weighted by atomic mass is 35.5. The minimum Gasteiger partial charge on any atom is -0.310 e. The second-order valence-electron chi connectivity index (χ2n) is 6.05. The molecule has 1 aliphatic rings. The van der Waals surface area contributed by atoms with Crippen molar-refractivity contribution in [2.24, 2.45) is 0 Å². The average molecular weight is 301 g/mol. The summed E-state index contributed by atoms with van der Waals surface area (Å²) in [5, 5.41) is 5.11. The molecule has 4 heteroatoms. The fraction of sp³-hybridized carbons (Fsp3) is 0.600. The zero-order chi connectivity index (χ0) is 14.0. The van der Waals surface area contributed by atoms with E-state index in [-0.39, 0.29) is 5.54 Å². The van der Waals surface area contributed by atoms with Gasteiger partial charge in [0.15, 0.2) is 0 Å². The number of nitrogens with zero attached hydrogens (tertiary/aromatic N) is 1. The Morgan fingerprint density at radius 2 is 1.95 bits per heavy atom. The molecule has 1 aromatic rings. The smallest absolute Gasteiger partial charge is 0.0465 e. The maximum Gasteiger partial charge on any atom is 0.0465 e. The van der Waals surface area contributed by atoms with Crippen LogP contribution in [0, 0.1) is 0 Å². The zero-order valence-electron chi connectivity index (χ0n) is 11.8. The monoisotopic (exact) mass is 300 g/mol. The van der Waals surface area contributed by atoms with Gasteiger partial charge in [0.05, 0.1) is 0 Å². The van der Waals surface area contributed by atoms with Crippen molar-refractivity contribution in [2.75, 3.05) is 13.1 Å². The van der Waals surface area contributed by atoms with Crippen molar-refractivity contribution < 1.29 is 0 Å². The molecule has 0 saturated carbocycles. The number of hydrogen-bond donors (Lipinski definition) is 1. The molecule has 1 saturated heterocycles. The summed E-state index contributed by atoms with van der Waals surface area (Å²) in [5.41, 5.74) is 1.16. The maximum absolute atomic E-state index is 6.28. The van der Waals surface area contributed by atoms with Crippen LogP contribution in [0.2, 0.25) is 10.0 Å². The van der Waals surface area contributed by atoms with E-state index >= 15 is 0 Å². The van der Waals surface area contributed by atoms with Gasteiger partial charge in [0.1, 0.15) is 0 Å². The molecule has 1 unspecified atom stereocenters. The van der Waals surface area contributed by atoms with Crippen LogP contribution in [-0.4, -0.2) is 29.6 Å². The minimum absolute atomic E-state index is 0.124. The predicted octanol–water partition coefficient (Wildman–Crippen LogP) is 3.96. The highest BCUT2D eigenvalue weighted by Gasteiger charge is 2.28. The Hall–Kier alpha value is -0.280. The van der Waals surface area contributed by atoms with Gasteiger partial charge in [-0.1, -0.05) is 29.3 Å². The Labute approximate surface area is 126 Å². The summed E-state index contributed by atoms with van der Waals surface area (Å²) in [5.74, 6) is 0. The van der Waals surface area contributed by atoms with Crippen LogP contribution < -0.4 is 5.32 Å². The molecule has 0 spiro atoms. The first-order chi connectivity index (χ1) is 8.89. The quantitative estimate of drug-likeness (QED) is 0.889. The molecular formula is C15H22Cl2N2. The Balaban J connectivity index is 2.20. The third-order valence-corrected chi connectivity index (χ3v) is 4.52. The number of rotatable bonds is 2. The normalized spacial score (nSPS) is 24.2. The second-order valence-corrected chi connectivity index (χ2v) is 6.87. The topological polar surface area (TPSA) is 15.3 Å². The van der Waals surface area contributed by atoms with Gasteiger partial charge >= 0.3 is 0 Å². The van der Waals surface area contributed by atoms with Gasteiger partial charge in [0.2, 0.25) is 0 Å². The third kappa shape index (κ3) is 3.85. The van der Waals surface area contributed by atoms with Gasteiger partial charge in [0.25, 0.3) is 0 Å².